The van der Waals surface area contributed by atoms with Crippen molar-refractivity contribution in [2.75, 3.05) is 5.73 Å². The number of pyridine rings is 1. The van der Waals surface area contributed by atoms with Gasteiger partial charge in [-0.2, -0.15) is 0 Å². The van der Waals surface area contributed by atoms with E-state index in [1.807, 2.05) is 6.07 Å². The van der Waals surface area contributed by atoms with Crippen molar-refractivity contribution in [1.82, 2.24) is 0 Å². The van der Waals surface area contributed by atoms with Crippen molar-refractivity contribution in [2.45, 2.75) is 0 Å². The zero-order chi connectivity index (χ0) is 7.56. The van der Waals surface area contributed by atoms with Gasteiger partial charge in [0, 0.05) is 0 Å². The Kier molecular flexibility index (Phi) is 2.01. The van der Waals surface area contributed by atoms with E-state index in [9.17, 15) is 0 Å². The number of nitrogens with one attached hydrogen (secondary N) is 1. The Hall–Kier alpha value is -0.900. The fraction of sp³-hybridized carbons (Fsp3) is 0. The zero-order valence-corrected chi connectivity index (χ0v) is 6.85. The number of nitrogens with two attached hydrogens (primary N) is 2. The highest BCUT2D eigenvalue weighted by Gasteiger charge is 2.03. The number of aromatic amines is 1. The van der Waals surface area contributed by atoms with Gasteiger partial charge in [-0.25, -0.2) is 4.98 Å². The van der Waals surface area contributed by atoms with E-state index in [0.717, 1.165) is 10.0 Å². The number of hydrogen-bond acceptors (Lipinski definition) is 1. The van der Waals surface area contributed by atoms with Crippen LogP contribution in [0.3, 0.4) is 0 Å². The smallest absolute Gasteiger partial charge is 0.283 e. The lowest BCUT2D eigenvalue weighted by molar-refractivity contribution is -0.361. The summed E-state index contributed by atoms with van der Waals surface area (Å²) >= 11 is 3.27. The van der Waals surface area contributed by atoms with E-state index in [2.05, 4.69) is 20.9 Å². The van der Waals surface area contributed by atoms with E-state index in [1.165, 1.54) is 6.21 Å². The number of anilines is 1. The Labute approximate surface area is 66.9 Å². The van der Waals surface area contributed by atoms with Gasteiger partial charge in [0.25, 0.3) is 5.82 Å². The molecule has 5 N–H and O–H groups in total. The van der Waals surface area contributed by atoms with Gasteiger partial charge >= 0.3 is 0 Å². The summed E-state index contributed by atoms with van der Waals surface area (Å²) in [6.07, 6.45) is 3.21. The standard InChI is InChI=1S/C6H6BrN3/c7-5-1-4(2-8)6(9)10-3-5/h1-3,8H,(H2,9,10)/p+2. The summed E-state index contributed by atoms with van der Waals surface area (Å²) in [5.74, 6) is 0.575. The van der Waals surface area contributed by atoms with Crippen LogP contribution in [0.1, 0.15) is 5.56 Å². The summed E-state index contributed by atoms with van der Waals surface area (Å²) in [7, 11) is 0. The average molecular weight is 202 g/mol. The Morgan fingerprint density at radius 1 is 1.70 bits per heavy atom. The van der Waals surface area contributed by atoms with Crippen molar-refractivity contribution in [2.24, 2.45) is 0 Å². The fourth-order valence-corrected chi connectivity index (χ4v) is 0.997. The first-order valence-corrected chi connectivity index (χ1v) is 3.55. The summed E-state index contributed by atoms with van der Waals surface area (Å²) in [6.45, 7) is 0. The van der Waals surface area contributed by atoms with Crippen molar-refractivity contribution >= 4 is 28.0 Å². The quantitative estimate of drug-likeness (QED) is 0.565. The number of nitrogen functional groups attached to an aromatic ring is 1. The third kappa shape index (κ3) is 1.33. The molecular weight excluding hydrogens is 194 g/mol. The molecule has 52 valence electrons. The second-order valence-corrected chi connectivity index (χ2v) is 2.77. The molecule has 0 amide bonds. The molecule has 0 aliphatic rings. The zero-order valence-electron chi connectivity index (χ0n) is 5.26. The second-order valence-electron chi connectivity index (χ2n) is 1.85. The summed E-state index contributed by atoms with van der Waals surface area (Å²) in [5, 5.41) is 5.27. The summed E-state index contributed by atoms with van der Waals surface area (Å²) < 4.78 is 0.929. The first kappa shape index (κ1) is 7.21. The van der Waals surface area contributed by atoms with Crippen molar-refractivity contribution in [1.29, 1.82) is 0 Å². The van der Waals surface area contributed by atoms with Gasteiger partial charge in [0.1, 0.15) is 11.8 Å². The van der Waals surface area contributed by atoms with E-state index in [1.54, 1.807) is 6.20 Å². The minimum Gasteiger partial charge on any atom is -0.286 e. The molecule has 10 heavy (non-hydrogen) atoms. The predicted molar refractivity (Wildman–Crippen MR) is 42.2 cm³/mol. The second kappa shape index (κ2) is 2.79. The van der Waals surface area contributed by atoms with Crippen LogP contribution in [0, 0.1) is 0 Å². The molecule has 0 unspecified atom stereocenters. The van der Waals surface area contributed by atoms with Crippen molar-refractivity contribution in [3.8, 4) is 0 Å². The summed E-state index contributed by atoms with van der Waals surface area (Å²) in [5.41, 5.74) is 6.31. The molecule has 0 radical (unpaired) electrons. The summed E-state index contributed by atoms with van der Waals surface area (Å²) in [6, 6.07) is 1.84. The maximum absolute atomic E-state index is 5.51. The monoisotopic (exact) mass is 201 g/mol. The van der Waals surface area contributed by atoms with Crippen molar-refractivity contribution in [3.05, 3.63) is 22.3 Å². The van der Waals surface area contributed by atoms with Crippen LogP contribution in [0.15, 0.2) is 16.7 Å². The fourth-order valence-electron chi connectivity index (χ4n) is 0.636. The van der Waals surface area contributed by atoms with Gasteiger partial charge < -0.3 is 0 Å². The molecular formula is C6H8BrN3+2. The van der Waals surface area contributed by atoms with Crippen LogP contribution in [-0.4, -0.2) is 6.21 Å². The summed E-state index contributed by atoms with van der Waals surface area (Å²) in [4.78, 5) is 2.84. The van der Waals surface area contributed by atoms with Gasteiger partial charge in [-0.3, -0.25) is 11.1 Å². The van der Waals surface area contributed by atoms with E-state index in [0.29, 0.717) is 5.82 Å². The lowest BCUT2D eigenvalue weighted by atomic mass is 10.3. The molecule has 3 nitrogen and oxygen atoms in total. The lowest BCUT2D eigenvalue weighted by Crippen LogP contribution is -2.31. The van der Waals surface area contributed by atoms with Crippen LogP contribution in [0.2, 0.25) is 0 Å². The van der Waals surface area contributed by atoms with Gasteiger partial charge in [0.05, 0.1) is 4.47 Å². The molecule has 0 aliphatic heterocycles. The number of rotatable bonds is 1. The highest BCUT2D eigenvalue weighted by molar-refractivity contribution is 9.10. The van der Waals surface area contributed by atoms with Gasteiger partial charge in [-0.15, -0.1) is 0 Å². The van der Waals surface area contributed by atoms with Crippen LogP contribution in [0.4, 0.5) is 5.82 Å². The highest BCUT2D eigenvalue weighted by atomic mass is 79.9. The predicted octanol–water partition coefficient (Wildman–Crippen LogP) is -0.977. The Morgan fingerprint density at radius 2 is 2.40 bits per heavy atom. The molecule has 0 saturated heterocycles. The maximum Gasteiger partial charge on any atom is 0.283 e. The van der Waals surface area contributed by atoms with Crippen LogP contribution >= 0.6 is 15.9 Å². The highest BCUT2D eigenvalue weighted by Crippen LogP contribution is 2.09. The molecule has 0 aromatic carbocycles. The van der Waals surface area contributed by atoms with Gasteiger partial charge in [-0.05, 0) is 22.0 Å². The minimum absolute atomic E-state index is 0.575. The van der Waals surface area contributed by atoms with Crippen LogP contribution in [-0.2, 0) is 0 Å². The molecule has 0 fully saturated rings. The van der Waals surface area contributed by atoms with Gasteiger partial charge in [0.2, 0.25) is 0 Å². The third-order valence-electron chi connectivity index (χ3n) is 1.15. The number of H-pyrrole nitrogens is 1. The largest absolute Gasteiger partial charge is 0.286 e. The lowest BCUT2D eigenvalue weighted by Gasteiger charge is -1.89. The Morgan fingerprint density at radius 3 is 2.90 bits per heavy atom. The molecule has 1 rings (SSSR count). The van der Waals surface area contributed by atoms with Crippen LogP contribution in [0.5, 0.6) is 0 Å². The normalized spacial score (nSPS) is 9.30. The molecule has 0 bridgehead atoms. The Balaban J connectivity index is 3.21. The van der Waals surface area contributed by atoms with Crippen molar-refractivity contribution < 1.29 is 10.4 Å². The maximum atomic E-state index is 5.51. The molecule has 4 heteroatoms. The molecule has 0 saturated carbocycles. The molecule has 0 aliphatic carbocycles. The van der Waals surface area contributed by atoms with E-state index in [4.69, 9.17) is 11.1 Å². The van der Waals surface area contributed by atoms with E-state index < -0.39 is 0 Å². The van der Waals surface area contributed by atoms with Gasteiger partial charge in [-0.1, -0.05) is 0 Å². The molecule has 0 spiro atoms. The number of hydrogen-bond donors (Lipinski definition) is 2. The average Bonchev–Trinajstić information content (AvgIpc) is 1.94. The van der Waals surface area contributed by atoms with E-state index in [-0.39, 0.29) is 0 Å². The minimum atomic E-state index is 0.575. The van der Waals surface area contributed by atoms with Crippen LogP contribution < -0.4 is 16.1 Å². The topological polar surface area (TPSA) is 65.8 Å². The van der Waals surface area contributed by atoms with Crippen LogP contribution in [0.25, 0.3) is 0 Å². The molecule has 1 aromatic rings. The van der Waals surface area contributed by atoms with Crippen molar-refractivity contribution in [3.63, 3.8) is 0 Å². The van der Waals surface area contributed by atoms with Gasteiger partial charge in [0.15, 0.2) is 6.21 Å². The molecule has 1 aromatic heterocycles. The number of halogens is 1. The third-order valence-corrected chi connectivity index (χ3v) is 1.61. The Bertz CT molecular complexity index is 259. The molecule has 1 heterocycles. The molecule has 0 atom stereocenters. The number of aromatic nitrogens is 1. The first-order valence-electron chi connectivity index (χ1n) is 2.75. The SMILES string of the molecule is Nc1[nH+]cc(Br)cc1C=[NH2+]. The first-order chi connectivity index (χ1) is 4.74. The van der Waals surface area contributed by atoms with E-state index >= 15 is 0 Å².